The van der Waals surface area contributed by atoms with Gasteiger partial charge in [0.2, 0.25) is 10.0 Å². The number of hydrogen-bond donors (Lipinski definition) is 0. The summed E-state index contributed by atoms with van der Waals surface area (Å²) in [5.74, 6) is 2.20. The third-order valence-electron chi connectivity index (χ3n) is 5.59. The van der Waals surface area contributed by atoms with E-state index in [1.807, 2.05) is 24.3 Å². The van der Waals surface area contributed by atoms with Crippen molar-refractivity contribution >= 4 is 10.0 Å². The van der Waals surface area contributed by atoms with E-state index < -0.39 is 10.0 Å². The van der Waals surface area contributed by atoms with Crippen LogP contribution in [0.5, 0.6) is 11.5 Å². The molecule has 2 saturated carbocycles. The van der Waals surface area contributed by atoms with Gasteiger partial charge in [-0.3, -0.25) is 0 Å². The summed E-state index contributed by atoms with van der Waals surface area (Å²) in [5.41, 5.74) is 0.972. The lowest BCUT2D eigenvalue weighted by molar-refractivity contribution is 0.180. The Hall–Kier alpha value is -2.05. The second kappa shape index (κ2) is 8.13. The van der Waals surface area contributed by atoms with E-state index in [0.717, 1.165) is 30.8 Å². The van der Waals surface area contributed by atoms with Gasteiger partial charge in [0.15, 0.2) is 0 Å². The molecule has 2 aromatic carbocycles. The lowest BCUT2D eigenvalue weighted by Crippen LogP contribution is -2.32. The predicted octanol–water partition coefficient (Wildman–Crippen LogP) is 4.23. The van der Waals surface area contributed by atoms with E-state index in [-0.39, 0.29) is 6.04 Å². The van der Waals surface area contributed by atoms with Gasteiger partial charge in [-0.05, 0) is 73.6 Å². The molecular formula is C22H27NO4S. The molecule has 0 atom stereocenters. The van der Waals surface area contributed by atoms with Crippen LogP contribution in [0.3, 0.4) is 0 Å². The Kier molecular flexibility index (Phi) is 5.60. The first-order chi connectivity index (χ1) is 13.6. The van der Waals surface area contributed by atoms with Crippen LogP contribution in [-0.4, -0.2) is 32.5 Å². The minimum atomic E-state index is -3.54. The van der Waals surface area contributed by atoms with Crippen molar-refractivity contribution in [3.05, 3.63) is 54.1 Å². The van der Waals surface area contributed by atoms with E-state index in [1.165, 1.54) is 19.3 Å². The van der Waals surface area contributed by atoms with E-state index in [1.54, 1.807) is 35.7 Å². The molecule has 2 aromatic rings. The Bertz CT molecular complexity index is 885. The summed E-state index contributed by atoms with van der Waals surface area (Å²) in [6, 6.07) is 14.5. The number of ether oxygens (including phenoxy) is 2. The van der Waals surface area contributed by atoms with Crippen LogP contribution in [-0.2, 0) is 16.6 Å². The SMILES string of the molecule is COc1ccc(S(=O)(=O)N(Cc2ccc(OCC3CCC3)cc2)C2CC2)cc1. The highest BCUT2D eigenvalue weighted by Gasteiger charge is 2.38. The highest BCUT2D eigenvalue weighted by Crippen LogP contribution is 2.34. The predicted molar refractivity (Wildman–Crippen MR) is 108 cm³/mol. The van der Waals surface area contributed by atoms with Gasteiger partial charge >= 0.3 is 0 Å². The summed E-state index contributed by atoms with van der Waals surface area (Å²) in [6.07, 6.45) is 5.66. The van der Waals surface area contributed by atoms with Crippen molar-refractivity contribution in [1.29, 1.82) is 0 Å². The van der Waals surface area contributed by atoms with E-state index in [0.29, 0.717) is 23.1 Å². The van der Waals surface area contributed by atoms with E-state index in [9.17, 15) is 8.42 Å². The molecule has 0 radical (unpaired) electrons. The fourth-order valence-electron chi connectivity index (χ4n) is 3.40. The Balaban J connectivity index is 1.45. The second-order valence-corrected chi connectivity index (χ2v) is 9.60. The van der Waals surface area contributed by atoms with Crippen LogP contribution < -0.4 is 9.47 Å². The monoisotopic (exact) mass is 401 g/mol. The van der Waals surface area contributed by atoms with Crippen LogP contribution in [0.4, 0.5) is 0 Å². The Labute approximate surface area is 167 Å². The van der Waals surface area contributed by atoms with Gasteiger partial charge in [-0.1, -0.05) is 18.6 Å². The van der Waals surface area contributed by atoms with Crippen molar-refractivity contribution in [2.45, 2.75) is 49.6 Å². The van der Waals surface area contributed by atoms with Gasteiger partial charge in [0, 0.05) is 12.6 Å². The molecule has 2 aliphatic rings. The van der Waals surface area contributed by atoms with Gasteiger partial charge < -0.3 is 9.47 Å². The Morgan fingerprint density at radius 1 is 0.929 bits per heavy atom. The number of rotatable bonds is 9. The molecule has 0 spiro atoms. The average Bonchev–Trinajstić information content (AvgIpc) is 3.51. The number of benzene rings is 2. The zero-order valence-corrected chi connectivity index (χ0v) is 17.0. The molecule has 0 unspecified atom stereocenters. The standard InChI is InChI=1S/C22H27NO4S/c1-26-20-11-13-22(14-12-20)28(24,25)23(19-7-8-19)15-17-5-9-21(10-6-17)27-16-18-3-2-4-18/h5-6,9-14,18-19H,2-4,7-8,15-16H2,1H3. The fraction of sp³-hybridized carbons (Fsp3) is 0.455. The lowest BCUT2D eigenvalue weighted by atomic mass is 9.86. The largest absolute Gasteiger partial charge is 0.497 e. The summed E-state index contributed by atoms with van der Waals surface area (Å²) < 4.78 is 38.9. The molecule has 0 saturated heterocycles. The molecule has 150 valence electrons. The molecule has 2 aliphatic carbocycles. The van der Waals surface area contributed by atoms with Crippen LogP contribution in [0.2, 0.25) is 0 Å². The van der Waals surface area contributed by atoms with Gasteiger partial charge in [-0.15, -0.1) is 0 Å². The van der Waals surface area contributed by atoms with Crippen LogP contribution in [0.1, 0.15) is 37.7 Å². The summed E-state index contributed by atoms with van der Waals surface area (Å²) in [4.78, 5) is 0.306. The molecule has 0 aromatic heterocycles. The topological polar surface area (TPSA) is 55.8 Å². The van der Waals surface area contributed by atoms with Gasteiger partial charge in [-0.25, -0.2) is 8.42 Å². The molecule has 0 bridgehead atoms. The van der Waals surface area contributed by atoms with E-state index in [4.69, 9.17) is 9.47 Å². The van der Waals surface area contributed by atoms with Gasteiger partial charge in [-0.2, -0.15) is 4.31 Å². The van der Waals surface area contributed by atoms with Crippen molar-refractivity contribution in [3.63, 3.8) is 0 Å². The molecule has 2 fully saturated rings. The zero-order valence-electron chi connectivity index (χ0n) is 16.2. The Morgan fingerprint density at radius 3 is 2.11 bits per heavy atom. The van der Waals surface area contributed by atoms with Gasteiger partial charge in [0.25, 0.3) is 0 Å². The van der Waals surface area contributed by atoms with Crippen LogP contribution >= 0.6 is 0 Å². The van der Waals surface area contributed by atoms with Crippen molar-refractivity contribution < 1.29 is 17.9 Å². The molecule has 0 aliphatic heterocycles. The molecule has 5 nitrogen and oxygen atoms in total. The van der Waals surface area contributed by atoms with Gasteiger partial charge in [0.05, 0.1) is 18.6 Å². The fourth-order valence-corrected chi connectivity index (χ4v) is 5.07. The van der Waals surface area contributed by atoms with Crippen molar-refractivity contribution in [2.24, 2.45) is 5.92 Å². The normalized spacial score (nSPS) is 17.4. The lowest BCUT2D eigenvalue weighted by Gasteiger charge is -2.25. The number of hydrogen-bond acceptors (Lipinski definition) is 4. The molecule has 0 amide bonds. The maximum atomic E-state index is 13.2. The first-order valence-electron chi connectivity index (χ1n) is 9.94. The van der Waals surface area contributed by atoms with Crippen LogP contribution in [0, 0.1) is 5.92 Å². The second-order valence-electron chi connectivity index (χ2n) is 7.71. The molecule has 6 heteroatoms. The Morgan fingerprint density at radius 2 is 1.57 bits per heavy atom. The van der Waals surface area contributed by atoms with Crippen LogP contribution in [0.25, 0.3) is 0 Å². The van der Waals surface area contributed by atoms with Crippen molar-refractivity contribution in [2.75, 3.05) is 13.7 Å². The zero-order chi connectivity index (χ0) is 19.6. The van der Waals surface area contributed by atoms with Crippen molar-refractivity contribution in [3.8, 4) is 11.5 Å². The maximum absolute atomic E-state index is 13.2. The van der Waals surface area contributed by atoms with Crippen molar-refractivity contribution in [1.82, 2.24) is 4.31 Å². The maximum Gasteiger partial charge on any atom is 0.243 e. The molecular weight excluding hydrogens is 374 g/mol. The molecule has 28 heavy (non-hydrogen) atoms. The summed E-state index contributed by atoms with van der Waals surface area (Å²) in [5, 5.41) is 0. The van der Waals surface area contributed by atoms with Crippen LogP contribution in [0.15, 0.2) is 53.4 Å². The quantitative estimate of drug-likeness (QED) is 0.631. The first-order valence-corrected chi connectivity index (χ1v) is 11.4. The number of sulfonamides is 1. The summed E-state index contributed by atoms with van der Waals surface area (Å²) in [7, 11) is -1.97. The number of methoxy groups -OCH3 is 1. The molecule has 0 N–H and O–H groups in total. The van der Waals surface area contributed by atoms with E-state index >= 15 is 0 Å². The van der Waals surface area contributed by atoms with E-state index in [2.05, 4.69) is 0 Å². The highest BCUT2D eigenvalue weighted by atomic mass is 32.2. The first kappa shape index (κ1) is 19.3. The van der Waals surface area contributed by atoms with Gasteiger partial charge in [0.1, 0.15) is 11.5 Å². The summed E-state index contributed by atoms with van der Waals surface area (Å²) >= 11 is 0. The highest BCUT2D eigenvalue weighted by molar-refractivity contribution is 7.89. The minimum absolute atomic E-state index is 0.0849. The third-order valence-corrected chi connectivity index (χ3v) is 7.50. The molecule has 4 rings (SSSR count). The third kappa shape index (κ3) is 4.33. The molecule has 0 heterocycles. The number of nitrogens with zero attached hydrogens (tertiary/aromatic N) is 1. The average molecular weight is 402 g/mol. The minimum Gasteiger partial charge on any atom is -0.497 e. The smallest absolute Gasteiger partial charge is 0.243 e. The summed E-state index contributed by atoms with van der Waals surface area (Å²) in [6.45, 7) is 1.15.